The van der Waals surface area contributed by atoms with Crippen LogP contribution in [0, 0.1) is 10.8 Å². The zero-order chi connectivity index (χ0) is 26.6. The molecule has 9 rings (SSSR count). The van der Waals surface area contributed by atoms with Crippen LogP contribution in [0.25, 0.3) is 0 Å². The third-order valence-corrected chi connectivity index (χ3v) is 11.0. The first-order valence-electron chi connectivity index (χ1n) is 13.6. The maximum atomic E-state index is 14.1. The molecule has 7 saturated carbocycles. The van der Waals surface area contributed by atoms with Gasteiger partial charge in [-0.1, -0.05) is 27.2 Å². The summed E-state index contributed by atoms with van der Waals surface area (Å²) in [5.74, 6) is 0.179. The molecule has 0 spiro atoms. The molecule has 0 radical (unpaired) electrons. The molecule has 0 unspecified atom stereocenters. The molecule has 204 valence electrons. The second kappa shape index (κ2) is 7.82. The largest absolute Gasteiger partial charge is 0.403 e. The van der Waals surface area contributed by atoms with E-state index in [1.54, 1.807) is 0 Å². The van der Waals surface area contributed by atoms with Crippen LogP contribution >= 0.6 is 15.9 Å². The Morgan fingerprint density at radius 2 is 1.66 bits per heavy atom. The Balaban J connectivity index is 1.09. The van der Waals surface area contributed by atoms with Crippen molar-refractivity contribution in [2.45, 2.75) is 99.7 Å². The zero-order valence-corrected chi connectivity index (χ0v) is 22.6. The summed E-state index contributed by atoms with van der Waals surface area (Å²) < 4.78 is 61.0. The fourth-order valence-electron chi connectivity index (χ4n) is 7.98. The summed E-state index contributed by atoms with van der Waals surface area (Å²) in [4.78, 5) is 19.9. The van der Waals surface area contributed by atoms with Crippen LogP contribution in [0.4, 0.5) is 23.2 Å². The van der Waals surface area contributed by atoms with Crippen molar-refractivity contribution < 1.29 is 26.9 Å². The summed E-state index contributed by atoms with van der Waals surface area (Å²) in [5, 5.41) is 4.08. The highest BCUT2D eigenvalue weighted by atomic mass is 79.9. The summed E-state index contributed by atoms with van der Waals surface area (Å²) in [5.41, 5.74) is -2.77. The molecule has 0 N–H and O–H groups in total. The van der Waals surface area contributed by atoms with Crippen LogP contribution < -0.4 is 4.90 Å². The van der Waals surface area contributed by atoms with E-state index in [4.69, 9.17) is 4.52 Å². The minimum atomic E-state index is -4.38. The maximum absolute atomic E-state index is 14.1. The Morgan fingerprint density at radius 1 is 1.00 bits per heavy atom. The van der Waals surface area contributed by atoms with Crippen molar-refractivity contribution in [3.63, 3.8) is 0 Å². The monoisotopic (exact) mass is 595 g/mol. The summed E-state index contributed by atoms with van der Waals surface area (Å²) in [6.45, 7) is 0.587. The van der Waals surface area contributed by atoms with Gasteiger partial charge in [-0.3, -0.25) is 4.79 Å². The van der Waals surface area contributed by atoms with Crippen LogP contribution in [-0.2, 0) is 15.6 Å². The van der Waals surface area contributed by atoms with Crippen molar-refractivity contribution in [3.8, 4) is 0 Å². The molecular weight excluding hydrogens is 566 g/mol. The Bertz CT molecular complexity index is 1260. The van der Waals surface area contributed by atoms with E-state index in [0.717, 1.165) is 48.7 Å². The molecule has 38 heavy (non-hydrogen) atoms. The van der Waals surface area contributed by atoms with Crippen molar-refractivity contribution in [1.82, 2.24) is 10.1 Å². The maximum Gasteiger partial charge on any atom is 0.403 e. The molecule has 1 amide bonds. The highest BCUT2D eigenvalue weighted by molar-refractivity contribution is 9.10. The number of anilines is 1. The van der Waals surface area contributed by atoms with E-state index in [1.807, 2.05) is 29.2 Å². The fraction of sp³-hybridized carbons (Fsp3) is 0.679. The lowest BCUT2D eigenvalue weighted by Gasteiger charge is -2.66. The van der Waals surface area contributed by atoms with Gasteiger partial charge in [0.15, 0.2) is 5.82 Å². The zero-order valence-electron chi connectivity index (χ0n) is 21.0. The van der Waals surface area contributed by atoms with Crippen LogP contribution in [0.2, 0.25) is 0 Å². The van der Waals surface area contributed by atoms with Gasteiger partial charge in [0.1, 0.15) is 11.1 Å². The Labute approximate surface area is 226 Å². The lowest BCUT2D eigenvalue weighted by Crippen LogP contribution is -2.65. The van der Waals surface area contributed by atoms with Crippen molar-refractivity contribution in [2.75, 3.05) is 11.4 Å². The molecule has 0 aliphatic heterocycles. The number of carbonyl (C=O) groups is 1. The lowest BCUT2D eigenvalue weighted by molar-refractivity contribution is -0.215. The molecule has 5 nitrogen and oxygen atoms in total. The first-order chi connectivity index (χ1) is 17.9. The van der Waals surface area contributed by atoms with E-state index < -0.39 is 17.3 Å². The molecule has 0 atom stereocenters. The second-order valence-corrected chi connectivity index (χ2v) is 14.0. The highest BCUT2D eigenvalue weighted by Gasteiger charge is 2.70. The van der Waals surface area contributed by atoms with Gasteiger partial charge in [-0.15, -0.1) is 0 Å². The predicted octanol–water partition coefficient (Wildman–Crippen LogP) is 7.33. The fourth-order valence-corrected chi connectivity index (χ4v) is 8.37. The molecule has 4 bridgehead atoms. The number of hydrogen-bond donors (Lipinski definition) is 0. The number of carbonyl (C=O) groups excluding carboxylic acids is 1. The van der Waals surface area contributed by atoms with Gasteiger partial charge in [0.25, 0.3) is 0 Å². The highest BCUT2D eigenvalue weighted by Crippen LogP contribution is 2.71. The van der Waals surface area contributed by atoms with Crippen LogP contribution in [-0.4, -0.2) is 34.4 Å². The van der Waals surface area contributed by atoms with E-state index in [0.29, 0.717) is 38.1 Å². The van der Waals surface area contributed by atoms with Gasteiger partial charge in [-0.05, 0) is 99.7 Å². The Hall–Kier alpha value is -1.97. The quantitative estimate of drug-likeness (QED) is 0.314. The second-order valence-electron chi connectivity index (χ2n) is 13.1. The third-order valence-electron chi connectivity index (χ3n) is 10.5. The van der Waals surface area contributed by atoms with E-state index >= 15 is 0 Å². The minimum absolute atomic E-state index is 0.00130. The first kappa shape index (κ1) is 25.0. The standard InChI is InChI=1S/C28H30BrF4N3O2/c29-18-2-1-3-19(12-18)36(20(37)13-24-14-26(30,15-24)16-24)17-23-4-7-25(8-5-23,9-6-23)21-34-22(38-35-21)27(10-11-27)28(31,32)33/h1-3,12H,4-11,13-17H2. The lowest BCUT2D eigenvalue weighted by atomic mass is 9.41. The average Bonchev–Trinajstić information content (AvgIpc) is 3.52. The molecule has 7 aliphatic rings. The molecule has 7 fully saturated rings. The molecule has 1 aromatic carbocycles. The van der Waals surface area contributed by atoms with Gasteiger partial charge in [-0.25, -0.2) is 4.39 Å². The SMILES string of the molecule is O=C(CC12CC(F)(C1)C2)N(CC12CCC(c3noc(C4(C(F)(F)F)CC4)n3)(CC1)CC2)c1cccc(Br)c1. The first-order valence-corrected chi connectivity index (χ1v) is 14.3. The van der Waals surface area contributed by atoms with Gasteiger partial charge in [-0.2, -0.15) is 18.2 Å². The van der Waals surface area contributed by atoms with Gasteiger partial charge in [0.2, 0.25) is 11.8 Å². The number of rotatable bonds is 7. The molecule has 1 heterocycles. The van der Waals surface area contributed by atoms with Crippen LogP contribution in [0.3, 0.4) is 0 Å². The van der Waals surface area contributed by atoms with Crippen molar-refractivity contribution >= 4 is 27.5 Å². The molecule has 2 aromatic rings. The molecule has 7 aliphatic carbocycles. The molecular formula is C28H30BrF4N3O2. The van der Waals surface area contributed by atoms with Crippen LogP contribution in [0.5, 0.6) is 0 Å². The number of benzene rings is 1. The van der Waals surface area contributed by atoms with Gasteiger partial charge in [0, 0.05) is 28.5 Å². The van der Waals surface area contributed by atoms with Crippen molar-refractivity contribution in [1.29, 1.82) is 0 Å². The number of halogens is 5. The normalized spacial score (nSPS) is 36.3. The Kier molecular flexibility index (Phi) is 5.15. The number of nitrogens with zero attached hydrogens (tertiary/aromatic N) is 3. The topological polar surface area (TPSA) is 59.2 Å². The number of fused-ring (bicyclic) bond motifs is 3. The van der Waals surface area contributed by atoms with E-state index in [2.05, 4.69) is 26.1 Å². The molecule has 0 saturated heterocycles. The van der Waals surface area contributed by atoms with Gasteiger partial charge < -0.3 is 9.42 Å². The number of amides is 1. The number of aromatic nitrogens is 2. The van der Waals surface area contributed by atoms with Gasteiger partial charge >= 0.3 is 6.18 Å². The van der Waals surface area contributed by atoms with E-state index in [-0.39, 0.29) is 40.9 Å². The summed E-state index contributed by atoms with van der Waals surface area (Å²) >= 11 is 3.53. The molecule has 1 aromatic heterocycles. The number of hydrogen-bond acceptors (Lipinski definition) is 4. The summed E-state index contributed by atoms with van der Waals surface area (Å²) in [6.07, 6.45) is 2.30. The average molecular weight is 596 g/mol. The van der Waals surface area contributed by atoms with Crippen LogP contribution in [0.1, 0.15) is 88.8 Å². The Morgan fingerprint density at radius 3 is 2.21 bits per heavy atom. The summed E-state index contributed by atoms with van der Waals surface area (Å²) in [6, 6.07) is 7.75. The number of alkyl halides is 4. The minimum Gasteiger partial charge on any atom is -0.338 e. The van der Waals surface area contributed by atoms with Crippen molar-refractivity contribution in [2.24, 2.45) is 10.8 Å². The van der Waals surface area contributed by atoms with Crippen LogP contribution in [0.15, 0.2) is 33.3 Å². The van der Waals surface area contributed by atoms with Gasteiger partial charge in [0.05, 0.1) is 0 Å². The molecule has 10 heteroatoms. The van der Waals surface area contributed by atoms with E-state index in [1.165, 1.54) is 0 Å². The summed E-state index contributed by atoms with van der Waals surface area (Å²) in [7, 11) is 0. The predicted molar refractivity (Wildman–Crippen MR) is 134 cm³/mol. The smallest absolute Gasteiger partial charge is 0.338 e. The van der Waals surface area contributed by atoms with Crippen molar-refractivity contribution in [3.05, 3.63) is 40.5 Å². The third kappa shape index (κ3) is 3.71. The van der Waals surface area contributed by atoms with E-state index in [9.17, 15) is 22.4 Å².